The Kier molecular flexibility index (Phi) is 3.85. The van der Waals surface area contributed by atoms with Gasteiger partial charge in [0.1, 0.15) is 17.8 Å². The number of nitrogens with zero attached hydrogens (tertiary/aromatic N) is 4. The van der Waals surface area contributed by atoms with E-state index < -0.39 is 0 Å². The Hall–Kier alpha value is -3.21. The fourth-order valence-corrected chi connectivity index (χ4v) is 4.14. The predicted molar refractivity (Wildman–Crippen MR) is 109 cm³/mol. The molecule has 0 spiro atoms. The number of anilines is 1. The van der Waals surface area contributed by atoms with Crippen LogP contribution in [0.4, 0.5) is 5.82 Å². The van der Waals surface area contributed by atoms with Crippen molar-refractivity contribution in [2.75, 3.05) is 5.73 Å². The van der Waals surface area contributed by atoms with Crippen molar-refractivity contribution in [1.29, 1.82) is 0 Å². The van der Waals surface area contributed by atoms with Gasteiger partial charge in [0.25, 0.3) is 0 Å². The van der Waals surface area contributed by atoms with E-state index in [2.05, 4.69) is 62.1 Å². The summed E-state index contributed by atoms with van der Waals surface area (Å²) in [5, 5.41) is 2.12. The minimum atomic E-state index is 0.463. The van der Waals surface area contributed by atoms with Crippen LogP contribution in [0.15, 0.2) is 61.2 Å². The van der Waals surface area contributed by atoms with E-state index in [0.717, 1.165) is 29.4 Å². The van der Waals surface area contributed by atoms with E-state index in [1.165, 1.54) is 17.4 Å². The Bertz CT molecular complexity index is 1140. The molecular formula is C22H21N5. The maximum atomic E-state index is 5.97. The Labute approximate surface area is 157 Å². The molecule has 4 aromatic rings. The number of aromatic nitrogens is 4. The third kappa shape index (κ3) is 2.95. The van der Waals surface area contributed by atoms with Gasteiger partial charge < -0.3 is 10.3 Å². The van der Waals surface area contributed by atoms with E-state index in [4.69, 9.17) is 5.73 Å². The highest BCUT2D eigenvalue weighted by Crippen LogP contribution is 2.37. The number of pyridine rings is 1. The average molecular weight is 355 g/mol. The fraction of sp³-hybridized carbons (Fsp3) is 0.227. The highest BCUT2D eigenvalue weighted by molar-refractivity contribution is 5.86. The predicted octanol–water partition coefficient (Wildman–Crippen LogP) is 4.62. The minimum Gasteiger partial charge on any atom is -0.383 e. The molecule has 5 nitrogen and oxygen atoms in total. The number of fused-ring (bicyclic) bond motifs is 2. The molecule has 1 saturated carbocycles. The lowest BCUT2D eigenvalue weighted by atomic mass is 10.0. The van der Waals surface area contributed by atoms with Gasteiger partial charge in [-0.25, -0.2) is 9.97 Å². The van der Waals surface area contributed by atoms with Gasteiger partial charge in [-0.1, -0.05) is 30.4 Å². The smallest absolute Gasteiger partial charge is 0.145 e. The summed E-state index contributed by atoms with van der Waals surface area (Å²) in [4.78, 5) is 13.0. The maximum absolute atomic E-state index is 5.97. The van der Waals surface area contributed by atoms with Crippen molar-refractivity contribution in [2.24, 2.45) is 5.92 Å². The van der Waals surface area contributed by atoms with Crippen LogP contribution < -0.4 is 5.73 Å². The highest BCUT2D eigenvalue weighted by Gasteiger charge is 2.25. The number of nitrogens with two attached hydrogens (primary N) is 1. The normalized spacial score (nSPS) is 20.1. The standard InChI is InChI=1S/C22H21N5/c23-21-19-9-11-27(22(19)26-14-25-21)18-8-6-15(12-18)3-4-16-5-7-17-2-1-10-24-20(17)13-16/h1-5,7,9-11,13-15,18H,6,8,12H2,(H2,23,25,26)/b4-3+/t15-,18+/m1/s1. The molecule has 1 aliphatic carbocycles. The molecule has 0 amide bonds. The Morgan fingerprint density at radius 3 is 3.00 bits per heavy atom. The molecule has 3 aromatic heterocycles. The van der Waals surface area contributed by atoms with Crippen molar-refractivity contribution >= 4 is 33.8 Å². The summed E-state index contributed by atoms with van der Waals surface area (Å²) in [6.07, 6.45) is 13.5. The summed E-state index contributed by atoms with van der Waals surface area (Å²) >= 11 is 0. The van der Waals surface area contributed by atoms with E-state index in [1.807, 2.05) is 18.3 Å². The van der Waals surface area contributed by atoms with Gasteiger partial charge in [0.15, 0.2) is 0 Å². The number of rotatable bonds is 3. The number of benzene rings is 1. The number of hydrogen-bond acceptors (Lipinski definition) is 4. The van der Waals surface area contributed by atoms with E-state index >= 15 is 0 Å². The molecular weight excluding hydrogens is 334 g/mol. The van der Waals surface area contributed by atoms with Crippen LogP contribution in [0.1, 0.15) is 30.9 Å². The van der Waals surface area contributed by atoms with Crippen LogP contribution in [-0.4, -0.2) is 19.5 Å². The van der Waals surface area contributed by atoms with Crippen LogP contribution in [0.25, 0.3) is 28.0 Å². The first-order valence-electron chi connectivity index (χ1n) is 9.38. The van der Waals surface area contributed by atoms with Crippen molar-refractivity contribution in [3.05, 3.63) is 66.8 Å². The summed E-state index contributed by atoms with van der Waals surface area (Å²) < 4.78 is 2.27. The summed E-state index contributed by atoms with van der Waals surface area (Å²) in [7, 11) is 0. The molecule has 3 heterocycles. The van der Waals surface area contributed by atoms with Crippen molar-refractivity contribution < 1.29 is 0 Å². The van der Waals surface area contributed by atoms with Gasteiger partial charge in [-0.2, -0.15) is 0 Å². The molecule has 0 saturated heterocycles. The zero-order valence-corrected chi connectivity index (χ0v) is 15.0. The Morgan fingerprint density at radius 2 is 2.04 bits per heavy atom. The summed E-state index contributed by atoms with van der Waals surface area (Å²) in [6.45, 7) is 0. The molecule has 2 atom stereocenters. The molecule has 0 radical (unpaired) electrons. The van der Waals surface area contributed by atoms with Crippen molar-refractivity contribution in [1.82, 2.24) is 19.5 Å². The average Bonchev–Trinajstić information content (AvgIpc) is 3.33. The molecule has 1 aliphatic rings. The molecule has 1 aromatic carbocycles. The lowest BCUT2D eigenvalue weighted by Crippen LogP contribution is -2.05. The number of allylic oxidation sites excluding steroid dienone is 1. The molecule has 0 bridgehead atoms. The Morgan fingerprint density at radius 1 is 1.07 bits per heavy atom. The van der Waals surface area contributed by atoms with Gasteiger partial charge in [-0.3, -0.25) is 4.98 Å². The van der Waals surface area contributed by atoms with Gasteiger partial charge in [0, 0.05) is 23.8 Å². The third-order valence-electron chi connectivity index (χ3n) is 5.57. The summed E-state index contributed by atoms with van der Waals surface area (Å²) in [5.74, 6) is 1.13. The molecule has 134 valence electrons. The first kappa shape index (κ1) is 16.0. The molecule has 0 unspecified atom stereocenters. The fourth-order valence-electron chi connectivity index (χ4n) is 4.14. The van der Waals surface area contributed by atoms with Gasteiger partial charge in [-0.05, 0) is 48.9 Å². The second-order valence-electron chi connectivity index (χ2n) is 7.26. The van der Waals surface area contributed by atoms with Crippen LogP contribution in [0.3, 0.4) is 0 Å². The molecule has 5 heteroatoms. The highest BCUT2D eigenvalue weighted by atomic mass is 15.1. The molecule has 1 fully saturated rings. The number of nitrogen functional groups attached to an aromatic ring is 1. The van der Waals surface area contributed by atoms with Crippen molar-refractivity contribution in [2.45, 2.75) is 25.3 Å². The van der Waals surface area contributed by atoms with Crippen LogP contribution in [0.2, 0.25) is 0 Å². The van der Waals surface area contributed by atoms with Gasteiger partial charge in [0.2, 0.25) is 0 Å². The quantitative estimate of drug-likeness (QED) is 0.582. The second kappa shape index (κ2) is 6.50. The van der Waals surface area contributed by atoms with Crippen molar-refractivity contribution in [3.8, 4) is 0 Å². The molecule has 5 rings (SSSR count). The first-order valence-corrected chi connectivity index (χ1v) is 9.38. The van der Waals surface area contributed by atoms with Crippen LogP contribution in [0.5, 0.6) is 0 Å². The Balaban J connectivity index is 1.34. The first-order chi connectivity index (χ1) is 13.3. The van der Waals surface area contributed by atoms with E-state index in [9.17, 15) is 0 Å². The number of hydrogen-bond donors (Lipinski definition) is 1. The largest absolute Gasteiger partial charge is 0.383 e. The lowest BCUT2D eigenvalue weighted by Gasteiger charge is -2.13. The van der Waals surface area contributed by atoms with Gasteiger partial charge in [0.05, 0.1) is 10.9 Å². The molecule has 0 aliphatic heterocycles. The summed E-state index contributed by atoms with van der Waals surface area (Å²) in [5.41, 5.74) is 9.16. The molecule has 27 heavy (non-hydrogen) atoms. The van der Waals surface area contributed by atoms with Gasteiger partial charge in [-0.15, -0.1) is 0 Å². The van der Waals surface area contributed by atoms with E-state index in [1.54, 1.807) is 6.33 Å². The van der Waals surface area contributed by atoms with Crippen molar-refractivity contribution in [3.63, 3.8) is 0 Å². The lowest BCUT2D eigenvalue weighted by molar-refractivity contribution is 0.518. The van der Waals surface area contributed by atoms with Crippen LogP contribution in [-0.2, 0) is 0 Å². The topological polar surface area (TPSA) is 69.6 Å². The maximum Gasteiger partial charge on any atom is 0.145 e. The van der Waals surface area contributed by atoms with Gasteiger partial charge >= 0.3 is 0 Å². The zero-order chi connectivity index (χ0) is 18.2. The SMILES string of the molecule is Nc1ncnc2c1ccn2[C@H]1CC[C@@H](/C=C/c2ccc3cccnc3c2)C1. The van der Waals surface area contributed by atoms with E-state index in [-0.39, 0.29) is 0 Å². The second-order valence-corrected chi connectivity index (χ2v) is 7.26. The third-order valence-corrected chi connectivity index (χ3v) is 5.57. The molecule has 2 N–H and O–H groups in total. The van der Waals surface area contributed by atoms with E-state index in [0.29, 0.717) is 17.8 Å². The zero-order valence-electron chi connectivity index (χ0n) is 15.0. The monoisotopic (exact) mass is 355 g/mol. The minimum absolute atomic E-state index is 0.463. The van der Waals surface area contributed by atoms with Crippen LogP contribution in [0, 0.1) is 5.92 Å². The van der Waals surface area contributed by atoms with Crippen LogP contribution >= 0.6 is 0 Å². The summed E-state index contributed by atoms with van der Waals surface area (Å²) in [6, 6.07) is 13.0.